The smallest absolute Gasteiger partial charge is 0.164 e. The molecule has 0 amide bonds. The Bertz CT molecular complexity index is 492. The van der Waals surface area contributed by atoms with Crippen LogP contribution in [0.3, 0.4) is 0 Å². The molecule has 2 saturated heterocycles. The Hall–Kier alpha value is -1.26. The first kappa shape index (κ1) is 16.6. The third-order valence-corrected chi connectivity index (χ3v) is 5.11. The first-order chi connectivity index (χ1) is 11.3. The number of ether oxygens (including phenoxy) is 2. The summed E-state index contributed by atoms with van der Waals surface area (Å²) >= 11 is 0. The van der Waals surface area contributed by atoms with Crippen LogP contribution in [0.1, 0.15) is 37.7 Å². The standard InChI is InChI=1S/C19H30N2O2/c1-21-12-9-17(10-13-21)23-19-15(6-5-8-18(19)22-2)14-16-7-3-4-11-20-16/h5-6,8,16-17,20H,3-4,7,9-14H2,1-2H3. The molecule has 0 bridgehead atoms. The minimum absolute atomic E-state index is 0.306. The molecule has 23 heavy (non-hydrogen) atoms. The quantitative estimate of drug-likeness (QED) is 0.905. The van der Waals surface area contributed by atoms with Gasteiger partial charge in [-0.1, -0.05) is 18.6 Å². The van der Waals surface area contributed by atoms with Crippen molar-refractivity contribution in [2.75, 3.05) is 33.8 Å². The summed E-state index contributed by atoms with van der Waals surface area (Å²) in [4.78, 5) is 2.37. The van der Waals surface area contributed by atoms with Crippen molar-refractivity contribution in [3.63, 3.8) is 0 Å². The maximum atomic E-state index is 6.42. The average Bonchev–Trinajstić information content (AvgIpc) is 2.59. The van der Waals surface area contributed by atoms with E-state index in [2.05, 4.69) is 29.4 Å². The van der Waals surface area contributed by atoms with E-state index in [0.29, 0.717) is 12.1 Å². The van der Waals surface area contributed by atoms with Gasteiger partial charge in [0.25, 0.3) is 0 Å². The summed E-state index contributed by atoms with van der Waals surface area (Å²) in [5, 5.41) is 3.64. The van der Waals surface area contributed by atoms with E-state index in [1.54, 1.807) is 7.11 Å². The zero-order valence-corrected chi connectivity index (χ0v) is 14.5. The van der Waals surface area contributed by atoms with E-state index in [-0.39, 0.29) is 0 Å². The van der Waals surface area contributed by atoms with Gasteiger partial charge in [0.2, 0.25) is 0 Å². The predicted octanol–water partition coefficient (Wildman–Crippen LogP) is 2.85. The van der Waals surface area contributed by atoms with Crippen LogP contribution in [0.15, 0.2) is 18.2 Å². The Morgan fingerprint density at radius 3 is 2.70 bits per heavy atom. The lowest BCUT2D eigenvalue weighted by molar-refractivity contribution is 0.110. The van der Waals surface area contributed by atoms with Gasteiger partial charge in [0, 0.05) is 19.1 Å². The number of rotatable bonds is 5. The number of nitrogens with one attached hydrogen (secondary N) is 1. The molecule has 2 heterocycles. The molecule has 0 aromatic heterocycles. The third-order valence-electron chi connectivity index (χ3n) is 5.11. The van der Waals surface area contributed by atoms with E-state index in [1.165, 1.54) is 24.8 Å². The van der Waals surface area contributed by atoms with Crippen LogP contribution < -0.4 is 14.8 Å². The molecule has 4 heteroatoms. The fourth-order valence-corrected chi connectivity index (χ4v) is 3.65. The Labute approximate surface area is 140 Å². The van der Waals surface area contributed by atoms with Gasteiger partial charge in [-0.25, -0.2) is 0 Å². The molecule has 1 unspecified atom stereocenters. The summed E-state index contributed by atoms with van der Waals surface area (Å²) in [6.45, 7) is 3.36. The van der Waals surface area contributed by atoms with Crippen LogP contribution in [-0.4, -0.2) is 50.8 Å². The van der Waals surface area contributed by atoms with E-state index >= 15 is 0 Å². The second kappa shape index (κ2) is 8.02. The van der Waals surface area contributed by atoms with Gasteiger partial charge in [-0.2, -0.15) is 0 Å². The van der Waals surface area contributed by atoms with Gasteiger partial charge in [0.05, 0.1) is 7.11 Å². The largest absolute Gasteiger partial charge is 0.493 e. The van der Waals surface area contributed by atoms with Crippen molar-refractivity contribution in [3.8, 4) is 11.5 Å². The van der Waals surface area contributed by atoms with Gasteiger partial charge in [-0.05, 0) is 57.3 Å². The minimum atomic E-state index is 0.306. The molecule has 3 rings (SSSR count). The highest BCUT2D eigenvalue weighted by Crippen LogP contribution is 2.34. The lowest BCUT2D eigenvalue weighted by atomic mass is 9.97. The Morgan fingerprint density at radius 2 is 2.00 bits per heavy atom. The van der Waals surface area contributed by atoms with Crippen LogP contribution in [0.4, 0.5) is 0 Å². The average molecular weight is 318 g/mol. The molecule has 128 valence electrons. The van der Waals surface area contributed by atoms with Gasteiger partial charge in [0.15, 0.2) is 11.5 Å². The topological polar surface area (TPSA) is 33.7 Å². The molecule has 1 aromatic carbocycles. The van der Waals surface area contributed by atoms with Crippen molar-refractivity contribution in [1.82, 2.24) is 10.2 Å². The van der Waals surface area contributed by atoms with Crippen molar-refractivity contribution in [1.29, 1.82) is 0 Å². The highest BCUT2D eigenvalue weighted by Gasteiger charge is 2.23. The fraction of sp³-hybridized carbons (Fsp3) is 0.684. The molecule has 4 nitrogen and oxygen atoms in total. The maximum Gasteiger partial charge on any atom is 0.164 e. The molecule has 1 aromatic rings. The molecular weight excluding hydrogens is 288 g/mol. The normalized spacial score (nSPS) is 23.7. The maximum absolute atomic E-state index is 6.42. The number of piperidine rings is 2. The Kier molecular flexibility index (Phi) is 5.79. The molecule has 0 spiro atoms. The lowest BCUT2D eigenvalue weighted by Crippen LogP contribution is -2.37. The molecule has 0 aliphatic carbocycles. The van der Waals surface area contributed by atoms with E-state index < -0.39 is 0 Å². The number of hydrogen-bond donors (Lipinski definition) is 1. The molecule has 2 aliphatic rings. The van der Waals surface area contributed by atoms with Gasteiger partial charge in [-0.15, -0.1) is 0 Å². The molecule has 0 saturated carbocycles. The Morgan fingerprint density at radius 1 is 1.17 bits per heavy atom. The van der Waals surface area contributed by atoms with Crippen molar-refractivity contribution >= 4 is 0 Å². The number of para-hydroxylation sites is 1. The summed E-state index contributed by atoms with van der Waals surface area (Å²) in [6.07, 6.45) is 7.40. The highest BCUT2D eigenvalue weighted by atomic mass is 16.5. The van der Waals surface area contributed by atoms with Crippen molar-refractivity contribution < 1.29 is 9.47 Å². The lowest BCUT2D eigenvalue weighted by Gasteiger charge is -2.31. The van der Waals surface area contributed by atoms with Crippen LogP contribution in [0.2, 0.25) is 0 Å². The number of benzene rings is 1. The van der Waals surface area contributed by atoms with Crippen LogP contribution >= 0.6 is 0 Å². The molecule has 2 aliphatic heterocycles. The van der Waals surface area contributed by atoms with Gasteiger partial charge < -0.3 is 19.7 Å². The van der Waals surface area contributed by atoms with Gasteiger partial charge >= 0.3 is 0 Å². The minimum Gasteiger partial charge on any atom is -0.493 e. The van der Waals surface area contributed by atoms with Crippen LogP contribution in [0.25, 0.3) is 0 Å². The summed E-state index contributed by atoms with van der Waals surface area (Å²) in [6, 6.07) is 6.86. The summed E-state index contributed by atoms with van der Waals surface area (Å²) < 4.78 is 12.0. The van der Waals surface area contributed by atoms with Crippen LogP contribution in [0.5, 0.6) is 11.5 Å². The molecule has 0 radical (unpaired) electrons. The number of methoxy groups -OCH3 is 1. The van der Waals surface area contributed by atoms with E-state index in [4.69, 9.17) is 9.47 Å². The van der Waals surface area contributed by atoms with E-state index in [1.807, 2.05) is 6.07 Å². The SMILES string of the molecule is COc1cccc(CC2CCCCN2)c1OC1CCN(C)CC1. The summed E-state index contributed by atoms with van der Waals surface area (Å²) in [5.41, 5.74) is 1.28. The van der Waals surface area contributed by atoms with Gasteiger partial charge in [-0.3, -0.25) is 0 Å². The summed E-state index contributed by atoms with van der Waals surface area (Å²) in [7, 11) is 3.92. The van der Waals surface area contributed by atoms with Crippen molar-refractivity contribution in [2.45, 2.75) is 50.7 Å². The monoisotopic (exact) mass is 318 g/mol. The second-order valence-electron chi connectivity index (χ2n) is 6.92. The number of hydrogen-bond acceptors (Lipinski definition) is 4. The molecule has 1 N–H and O–H groups in total. The third kappa shape index (κ3) is 4.39. The molecular formula is C19H30N2O2. The molecule has 1 atom stereocenters. The first-order valence-electron chi connectivity index (χ1n) is 9.00. The second-order valence-corrected chi connectivity index (χ2v) is 6.92. The van der Waals surface area contributed by atoms with Crippen LogP contribution in [-0.2, 0) is 6.42 Å². The fourth-order valence-electron chi connectivity index (χ4n) is 3.65. The Balaban J connectivity index is 1.73. The van der Waals surface area contributed by atoms with Crippen molar-refractivity contribution in [2.24, 2.45) is 0 Å². The van der Waals surface area contributed by atoms with E-state index in [9.17, 15) is 0 Å². The number of likely N-dealkylation sites (tertiary alicyclic amines) is 1. The van der Waals surface area contributed by atoms with Gasteiger partial charge in [0.1, 0.15) is 6.10 Å². The number of nitrogens with zero attached hydrogens (tertiary/aromatic N) is 1. The zero-order chi connectivity index (χ0) is 16.1. The highest BCUT2D eigenvalue weighted by molar-refractivity contribution is 5.47. The first-order valence-corrected chi connectivity index (χ1v) is 9.00. The molecule has 2 fully saturated rings. The van der Waals surface area contributed by atoms with E-state index in [0.717, 1.165) is 50.4 Å². The zero-order valence-electron chi connectivity index (χ0n) is 14.5. The summed E-state index contributed by atoms with van der Waals surface area (Å²) in [5.74, 6) is 1.84. The predicted molar refractivity (Wildman–Crippen MR) is 93.5 cm³/mol. The van der Waals surface area contributed by atoms with Crippen molar-refractivity contribution in [3.05, 3.63) is 23.8 Å². The van der Waals surface area contributed by atoms with Crippen LogP contribution in [0, 0.1) is 0 Å².